The molecule has 0 N–H and O–H groups in total. The number of ether oxygens (including phenoxy) is 1. The largest absolute Gasteiger partial charge is 0.489 e. The van der Waals surface area contributed by atoms with Crippen molar-refractivity contribution in [3.63, 3.8) is 0 Å². The van der Waals surface area contributed by atoms with Gasteiger partial charge >= 0.3 is 0 Å². The van der Waals surface area contributed by atoms with Gasteiger partial charge in [-0.05, 0) is 47.9 Å². The van der Waals surface area contributed by atoms with Crippen LogP contribution in [0.25, 0.3) is 11.0 Å². The van der Waals surface area contributed by atoms with E-state index >= 15 is 0 Å². The zero-order valence-corrected chi connectivity index (χ0v) is 21.3. The predicted octanol–water partition coefficient (Wildman–Crippen LogP) is 6.19. The highest BCUT2D eigenvalue weighted by Gasteiger charge is 2.45. The third-order valence-corrected chi connectivity index (χ3v) is 7.52. The summed E-state index contributed by atoms with van der Waals surface area (Å²) in [6.45, 7) is 2.35. The lowest BCUT2D eigenvalue weighted by Crippen LogP contribution is -2.29. The molecule has 5 aromatic rings. The van der Waals surface area contributed by atoms with Crippen LogP contribution in [0.5, 0.6) is 5.75 Å². The number of anilines is 1. The van der Waals surface area contributed by atoms with Gasteiger partial charge in [-0.2, -0.15) is 0 Å². The Balaban J connectivity index is 1.49. The number of nitrogens with zero attached hydrogens (tertiary/aromatic N) is 3. The fourth-order valence-electron chi connectivity index (χ4n) is 4.46. The number of fused-ring (bicyclic) bond motifs is 2. The molecule has 0 spiro atoms. The minimum absolute atomic E-state index is 0.00585. The molecule has 1 aliphatic heterocycles. The van der Waals surface area contributed by atoms with Crippen LogP contribution in [0.3, 0.4) is 0 Å². The van der Waals surface area contributed by atoms with E-state index in [9.17, 15) is 9.59 Å². The molecular formula is C28H20ClN3O4S. The smallest absolute Gasteiger partial charge is 0.297 e. The third-order valence-electron chi connectivity index (χ3n) is 6.22. The Kier molecular flexibility index (Phi) is 5.98. The van der Waals surface area contributed by atoms with Crippen LogP contribution in [0.4, 0.5) is 5.13 Å². The minimum Gasteiger partial charge on any atom is -0.489 e. The van der Waals surface area contributed by atoms with Gasteiger partial charge in [0.05, 0.1) is 17.0 Å². The van der Waals surface area contributed by atoms with Gasteiger partial charge in [0.2, 0.25) is 10.9 Å². The van der Waals surface area contributed by atoms with Gasteiger partial charge in [-0.15, -0.1) is 10.2 Å². The molecule has 37 heavy (non-hydrogen) atoms. The first-order valence-corrected chi connectivity index (χ1v) is 12.9. The van der Waals surface area contributed by atoms with Crippen LogP contribution >= 0.6 is 22.9 Å². The molecule has 2 aromatic heterocycles. The number of carbonyl (C=O) groups is 1. The van der Waals surface area contributed by atoms with E-state index < -0.39 is 11.9 Å². The molecule has 9 heteroatoms. The molecule has 1 amide bonds. The minimum atomic E-state index is -0.764. The molecule has 7 nitrogen and oxygen atoms in total. The van der Waals surface area contributed by atoms with Gasteiger partial charge in [0.25, 0.3) is 5.91 Å². The molecule has 0 fully saturated rings. The quantitative estimate of drug-likeness (QED) is 0.261. The Morgan fingerprint density at radius 2 is 1.86 bits per heavy atom. The summed E-state index contributed by atoms with van der Waals surface area (Å²) in [5.74, 6) is 0.166. The summed E-state index contributed by atoms with van der Waals surface area (Å²) in [6.07, 6.45) is 0.680. The first-order chi connectivity index (χ1) is 18.0. The summed E-state index contributed by atoms with van der Waals surface area (Å²) in [5.41, 5.74) is 1.96. The van der Waals surface area contributed by atoms with Gasteiger partial charge in [-0.3, -0.25) is 14.5 Å². The van der Waals surface area contributed by atoms with Crippen molar-refractivity contribution in [2.24, 2.45) is 0 Å². The third kappa shape index (κ3) is 4.18. The Hall–Kier alpha value is -4.01. The van der Waals surface area contributed by atoms with E-state index in [1.807, 2.05) is 61.5 Å². The number of hydrogen-bond donors (Lipinski definition) is 0. The van der Waals surface area contributed by atoms with Crippen molar-refractivity contribution in [3.8, 4) is 5.75 Å². The maximum absolute atomic E-state index is 13.8. The highest BCUT2D eigenvalue weighted by molar-refractivity contribution is 7.15. The average molecular weight is 530 g/mol. The fraction of sp³-hybridized carbons (Fsp3) is 0.143. The van der Waals surface area contributed by atoms with Crippen LogP contribution in [-0.2, 0) is 13.0 Å². The molecule has 6 rings (SSSR count). The summed E-state index contributed by atoms with van der Waals surface area (Å²) < 4.78 is 12.0. The summed E-state index contributed by atoms with van der Waals surface area (Å²) in [5, 5.41) is 10.4. The summed E-state index contributed by atoms with van der Waals surface area (Å²) >= 11 is 7.50. The maximum atomic E-state index is 13.8. The molecule has 3 heterocycles. The van der Waals surface area contributed by atoms with E-state index in [0.29, 0.717) is 45.5 Å². The number of amides is 1. The molecule has 0 saturated carbocycles. The van der Waals surface area contributed by atoms with Crippen molar-refractivity contribution in [2.75, 3.05) is 4.90 Å². The van der Waals surface area contributed by atoms with Gasteiger partial charge in [0.15, 0.2) is 5.43 Å². The second-order valence-corrected chi connectivity index (χ2v) is 10.0. The zero-order valence-electron chi connectivity index (χ0n) is 19.7. The highest BCUT2D eigenvalue weighted by Crippen LogP contribution is 2.43. The normalized spacial score (nSPS) is 14.8. The lowest BCUT2D eigenvalue weighted by molar-refractivity contribution is 0.0970. The van der Waals surface area contributed by atoms with Crippen LogP contribution in [-0.4, -0.2) is 16.1 Å². The first-order valence-electron chi connectivity index (χ1n) is 11.7. The Morgan fingerprint density at radius 3 is 2.65 bits per heavy atom. The number of rotatable bonds is 6. The molecule has 0 saturated heterocycles. The molecule has 1 unspecified atom stereocenters. The Bertz CT molecular complexity index is 1700. The standard InChI is InChI=1S/C28H20ClN3O4S/c1-2-22-30-31-28(37-22)32-24(17-9-6-10-19(13-17)35-15-16-7-4-3-5-8-16)23-25(33)20-14-18(29)11-12-21(20)36-26(23)27(32)34/h3-14,24H,2,15H2,1H3. The van der Waals surface area contributed by atoms with Crippen LogP contribution < -0.4 is 15.1 Å². The van der Waals surface area contributed by atoms with E-state index in [-0.39, 0.29) is 16.8 Å². The number of hydrogen-bond acceptors (Lipinski definition) is 7. The van der Waals surface area contributed by atoms with Gasteiger partial charge in [0.1, 0.15) is 22.9 Å². The van der Waals surface area contributed by atoms with Crippen molar-refractivity contribution in [2.45, 2.75) is 26.0 Å². The SMILES string of the molecule is CCc1nnc(N2C(=O)c3oc4ccc(Cl)cc4c(=O)c3C2c2cccc(OCc3ccccc3)c2)s1. The maximum Gasteiger partial charge on any atom is 0.297 e. The van der Waals surface area contributed by atoms with E-state index in [1.54, 1.807) is 18.2 Å². The van der Waals surface area contributed by atoms with Crippen molar-refractivity contribution in [3.05, 3.63) is 116 Å². The number of aryl methyl sites for hydroxylation is 1. The summed E-state index contributed by atoms with van der Waals surface area (Å²) in [7, 11) is 0. The molecule has 3 aromatic carbocycles. The Labute approximate surface area is 220 Å². The number of carbonyl (C=O) groups excluding carboxylic acids is 1. The monoisotopic (exact) mass is 529 g/mol. The van der Waals surface area contributed by atoms with Crippen molar-refractivity contribution in [1.82, 2.24) is 10.2 Å². The topological polar surface area (TPSA) is 85.5 Å². The lowest BCUT2D eigenvalue weighted by Gasteiger charge is -2.22. The zero-order chi connectivity index (χ0) is 25.5. The molecule has 1 atom stereocenters. The summed E-state index contributed by atoms with van der Waals surface area (Å²) in [6, 6.07) is 21.2. The summed E-state index contributed by atoms with van der Waals surface area (Å²) in [4.78, 5) is 29.0. The molecule has 184 valence electrons. The highest BCUT2D eigenvalue weighted by atomic mass is 35.5. The Morgan fingerprint density at radius 1 is 1.03 bits per heavy atom. The van der Waals surface area contributed by atoms with Crippen molar-refractivity contribution in [1.29, 1.82) is 0 Å². The van der Waals surface area contributed by atoms with E-state index in [0.717, 1.165) is 10.6 Å². The van der Waals surface area contributed by atoms with E-state index in [1.165, 1.54) is 16.2 Å². The molecule has 1 aliphatic rings. The molecule has 0 bridgehead atoms. The molecule has 0 radical (unpaired) electrons. The fourth-order valence-corrected chi connectivity index (χ4v) is 5.44. The van der Waals surface area contributed by atoms with Gasteiger partial charge in [-0.1, -0.05) is 72.3 Å². The van der Waals surface area contributed by atoms with E-state index in [4.69, 9.17) is 20.8 Å². The average Bonchev–Trinajstić information content (AvgIpc) is 3.51. The lowest BCUT2D eigenvalue weighted by atomic mass is 9.98. The van der Waals surface area contributed by atoms with E-state index in [2.05, 4.69) is 10.2 Å². The molecular weight excluding hydrogens is 510 g/mol. The predicted molar refractivity (Wildman–Crippen MR) is 143 cm³/mol. The second-order valence-electron chi connectivity index (χ2n) is 8.57. The first kappa shape index (κ1) is 23.4. The number of benzene rings is 3. The second kappa shape index (κ2) is 9.46. The van der Waals surface area contributed by atoms with Crippen LogP contribution in [0.2, 0.25) is 5.02 Å². The molecule has 0 aliphatic carbocycles. The van der Waals surface area contributed by atoms with Gasteiger partial charge in [-0.25, -0.2) is 0 Å². The number of halogens is 1. The van der Waals surface area contributed by atoms with Crippen LogP contribution in [0.1, 0.15) is 45.2 Å². The van der Waals surface area contributed by atoms with Crippen molar-refractivity contribution < 1.29 is 13.9 Å². The van der Waals surface area contributed by atoms with Crippen LogP contribution in [0.15, 0.2) is 82.0 Å². The van der Waals surface area contributed by atoms with Gasteiger partial charge in [0, 0.05) is 5.02 Å². The van der Waals surface area contributed by atoms with Crippen molar-refractivity contribution >= 4 is 44.9 Å². The van der Waals surface area contributed by atoms with Gasteiger partial charge < -0.3 is 9.15 Å². The van der Waals surface area contributed by atoms with Crippen LogP contribution in [0, 0.1) is 0 Å². The number of aromatic nitrogens is 2.